The van der Waals surface area contributed by atoms with E-state index < -0.39 is 0 Å². The Bertz CT molecular complexity index is 980. The summed E-state index contributed by atoms with van der Waals surface area (Å²) in [5.41, 5.74) is 3.91. The minimum atomic E-state index is -0.343. The van der Waals surface area contributed by atoms with Crippen molar-refractivity contribution in [2.75, 3.05) is 0 Å². The van der Waals surface area contributed by atoms with Gasteiger partial charge in [-0.2, -0.15) is 0 Å². The van der Waals surface area contributed by atoms with Gasteiger partial charge in [-0.25, -0.2) is 14.8 Å². The van der Waals surface area contributed by atoms with Crippen molar-refractivity contribution in [1.29, 1.82) is 0 Å². The third kappa shape index (κ3) is 8.40. The van der Waals surface area contributed by atoms with Gasteiger partial charge >= 0.3 is 5.97 Å². The summed E-state index contributed by atoms with van der Waals surface area (Å²) in [5.74, 6) is 0.855. The number of hydrogen-bond donors (Lipinski definition) is 0. The van der Waals surface area contributed by atoms with Crippen LogP contribution in [-0.4, -0.2) is 15.9 Å². The molecule has 0 atom stereocenters. The molecule has 34 heavy (non-hydrogen) atoms. The predicted octanol–water partition coefficient (Wildman–Crippen LogP) is 8.00. The highest BCUT2D eigenvalue weighted by atomic mass is 16.5. The molecule has 3 rings (SSSR count). The van der Waals surface area contributed by atoms with Crippen molar-refractivity contribution < 1.29 is 9.53 Å². The van der Waals surface area contributed by atoms with E-state index in [1.807, 2.05) is 48.8 Å². The van der Waals surface area contributed by atoms with E-state index in [1.54, 1.807) is 12.1 Å². The number of benzene rings is 2. The highest BCUT2D eigenvalue weighted by Gasteiger charge is 2.10. The van der Waals surface area contributed by atoms with Gasteiger partial charge < -0.3 is 4.74 Å². The Balaban J connectivity index is 1.49. The molecule has 0 amide bonds. The van der Waals surface area contributed by atoms with Crippen molar-refractivity contribution in [3.05, 3.63) is 77.6 Å². The third-order valence-electron chi connectivity index (χ3n) is 6.11. The monoisotopic (exact) mass is 458 g/mol. The lowest BCUT2D eigenvalue weighted by Gasteiger charge is -2.07. The molecule has 0 aliphatic heterocycles. The molecular formula is C30H38N2O2. The molecule has 0 saturated heterocycles. The van der Waals surface area contributed by atoms with Crippen molar-refractivity contribution in [3.63, 3.8) is 0 Å². The predicted molar refractivity (Wildman–Crippen MR) is 139 cm³/mol. The van der Waals surface area contributed by atoms with Gasteiger partial charge in [0, 0.05) is 18.0 Å². The van der Waals surface area contributed by atoms with Crippen molar-refractivity contribution in [3.8, 4) is 17.1 Å². The van der Waals surface area contributed by atoms with Gasteiger partial charge in [0.25, 0.3) is 0 Å². The average Bonchev–Trinajstić information content (AvgIpc) is 2.88. The molecule has 0 spiro atoms. The molecule has 0 fully saturated rings. The molecule has 1 aromatic heterocycles. The van der Waals surface area contributed by atoms with Crippen molar-refractivity contribution >= 4 is 5.97 Å². The fraction of sp³-hybridized carbons (Fsp3) is 0.433. The molecule has 0 bridgehead atoms. The second kappa shape index (κ2) is 14.3. The van der Waals surface area contributed by atoms with E-state index in [2.05, 4.69) is 23.8 Å². The zero-order valence-corrected chi connectivity index (χ0v) is 20.8. The van der Waals surface area contributed by atoms with Crippen molar-refractivity contribution in [2.24, 2.45) is 0 Å². The molecule has 0 radical (unpaired) electrons. The van der Waals surface area contributed by atoms with Crippen LogP contribution in [0.1, 0.15) is 93.1 Å². The normalized spacial score (nSPS) is 10.9. The molecule has 3 aromatic rings. The smallest absolute Gasteiger partial charge is 0.343 e. The number of rotatable bonds is 14. The molecule has 0 saturated carbocycles. The highest BCUT2D eigenvalue weighted by molar-refractivity contribution is 5.91. The van der Waals surface area contributed by atoms with E-state index in [1.165, 1.54) is 68.9 Å². The maximum atomic E-state index is 12.5. The van der Waals surface area contributed by atoms with Gasteiger partial charge in [0.2, 0.25) is 0 Å². The first-order valence-electron chi connectivity index (χ1n) is 12.9. The first-order valence-corrected chi connectivity index (χ1v) is 12.9. The van der Waals surface area contributed by atoms with Gasteiger partial charge in [0.15, 0.2) is 5.82 Å². The molecule has 0 aliphatic rings. The fourth-order valence-electron chi connectivity index (χ4n) is 3.97. The minimum Gasteiger partial charge on any atom is -0.423 e. The Labute approximate surface area is 204 Å². The lowest BCUT2D eigenvalue weighted by atomic mass is 10.0. The molecule has 0 N–H and O–H groups in total. The van der Waals surface area contributed by atoms with Gasteiger partial charge in [-0.1, -0.05) is 70.9 Å². The quantitative estimate of drug-likeness (QED) is 0.139. The van der Waals surface area contributed by atoms with Gasteiger partial charge in [-0.3, -0.25) is 0 Å². The van der Waals surface area contributed by atoms with Crippen LogP contribution < -0.4 is 4.74 Å². The van der Waals surface area contributed by atoms with E-state index in [0.717, 1.165) is 18.4 Å². The van der Waals surface area contributed by atoms with E-state index in [4.69, 9.17) is 4.74 Å². The summed E-state index contributed by atoms with van der Waals surface area (Å²) in [5, 5.41) is 0. The Morgan fingerprint density at radius 2 is 1.24 bits per heavy atom. The summed E-state index contributed by atoms with van der Waals surface area (Å²) in [6.07, 6.45) is 17.2. The van der Waals surface area contributed by atoms with E-state index in [0.29, 0.717) is 17.1 Å². The molecule has 2 aromatic carbocycles. The number of unbranched alkanes of at least 4 members (excludes halogenated alkanes) is 7. The number of ether oxygens (including phenoxy) is 1. The van der Waals surface area contributed by atoms with Crippen LogP contribution in [-0.2, 0) is 12.8 Å². The zero-order chi connectivity index (χ0) is 24.0. The molecular weight excluding hydrogens is 420 g/mol. The van der Waals surface area contributed by atoms with Gasteiger partial charge in [0.1, 0.15) is 5.75 Å². The van der Waals surface area contributed by atoms with Crippen LogP contribution in [0.2, 0.25) is 0 Å². The fourth-order valence-corrected chi connectivity index (χ4v) is 3.97. The van der Waals surface area contributed by atoms with Gasteiger partial charge in [-0.05, 0) is 73.2 Å². The van der Waals surface area contributed by atoms with Crippen molar-refractivity contribution in [1.82, 2.24) is 9.97 Å². The van der Waals surface area contributed by atoms with Crippen LogP contribution in [0.3, 0.4) is 0 Å². The minimum absolute atomic E-state index is 0.343. The molecule has 4 nitrogen and oxygen atoms in total. The Morgan fingerprint density at radius 3 is 1.85 bits per heavy atom. The summed E-state index contributed by atoms with van der Waals surface area (Å²) >= 11 is 0. The van der Waals surface area contributed by atoms with Crippen LogP contribution in [0, 0.1) is 0 Å². The number of nitrogens with zero attached hydrogens (tertiary/aromatic N) is 2. The molecule has 180 valence electrons. The first kappa shape index (κ1) is 25.6. The summed E-state index contributed by atoms with van der Waals surface area (Å²) in [7, 11) is 0. The number of aryl methyl sites for hydroxylation is 2. The third-order valence-corrected chi connectivity index (χ3v) is 6.11. The molecule has 0 aliphatic carbocycles. The van der Waals surface area contributed by atoms with Crippen molar-refractivity contribution in [2.45, 2.75) is 84.5 Å². The number of carbonyl (C=O) groups is 1. The number of hydrogen-bond acceptors (Lipinski definition) is 4. The summed E-state index contributed by atoms with van der Waals surface area (Å²) in [4.78, 5) is 21.6. The van der Waals surface area contributed by atoms with E-state index >= 15 is 0 Å². The summed E-state index contributed by atoms with van der Waals surface area (Å²) in [6.45, 7) is 4.45. The topological polar surface area (TPSA) is 52.1 Å². The van der Waals surface area contributed by atoms with Crippen LogP contribution in [0.5, 0.6) is 5.75 Å². The van der Waals surface area contributed by atoms with E-state index in [9.17, 15) is 4.79 Å². The number of aromatic nitrogens is 2. The second-order valence-electron chi connectivity index (χ2n) is 9.00. The lowest BCUT2D eigenvalue weighted by molar-refractivity contribution is 0.0735. The average molecular weight is 459 g/mol. The molecule has 1 heterocycles. The Kier molecular flexibility index (Phi) is 10.8. The Hall–Kier alpha value is -3.01. The van der Waals surface area contributed by atoms with Crippen LogP contribution in [0.15, 0.2) is 60.9 Å². The summed E-state index contributed by atoms with van der Waals surface area (Å²) < 4.78 is 5.56. The number of esters is 1. The number of carbonyl (C=O) groups excluding carboxylic acids is 1. The highest BCUT2D eigenvalue weighted by Crippen LogP contribution is 2.21. The largest absolute Gasteiger partial charge is 0.423 e. The SMILES string of the molecule is CCCCCCCc1cnc(-c2ccc(OC(=O)c3ccc(CCCCCC)cc3)cc2)nc1. The lowest BCUT2D eigenvalue weighted by Crippen LogP contribution is -2.08. The molecule has 4 heteroatoms. The van der Waals surface area contributed by atoms with Gasteiger partial charge in [0.05, 0.1) is 5.56 Å². The Morgan fingerprint density at radius 1 is 0.676 bits per heavy atom. The van der Waals surface area contributed by atoms with E-state index in [-0.39, 0.29) is 5.97 Å². The first-order chi connectivity index (χ1) is 16.7. The maximum Gasteiger partial charge on any atom is 0.343 e. The maximum absolute atomic E-state index is 12.5. The summed E-state index contributed by atoms with van der Waals surface area (Å²) in [6, 6.07) is 15.1. The zero-order valence-electron chi connectivity index (χ0n) is 20.8. The van der Waals surface area contributed by atoms with Crippen LogP contribution >= 0.6 is 0 Å². The standard InChI is InChI=1S/C30H38N2O2/c1-3-5-7-9-11-13-25-22-31-29(32-23-25)26-18-20-28(21-19-26)34-30(33)27-16-14-24(15-17-27)12-10-8-6-4-2/h14-23H,3-13H2,1-2H3. The van der Waals surface area contributed by atoms with Gasteiger partial charge in [-0.15, -0.1) is 0 Å². The van der Waals surface area contributed by atoms with Crippen LogP contribution in [0.25, 0.3) is 11.4 Å². The second-order valence-corrected chi connectivity index (χ2v) is 9.00. The van der Waals surface area contributed by atoms with Crippen LogP contribution in [0.4, 0.5) is 0 Å². The molecule has 0 unspecified atom stereocenters.